The number of unbranched alkanes of at least 4 members (excludes halogenated alkanes) is 11. The SMILES string of the molecule is CCCCCCCCCCCCCC=CC(SCCC(=O)O)C1(C(=O)O)CCC(O)CC1. The topological polar surface area (TPSA) is 94.8 Å². The minimum atomic E-state index is -0.907. The molecule has 1 saturated carbocycles. The normalized spacial score (nSPS) is 22.2. The summed E-state index contributed by atoms with van der Waals surface area (Å²) in [5.41, 5.74) is -0.907. The first kappa shape index (κ1) is 29.0. The minimum Gasteiger partial charge on any atom is -0.481 e. The second-order valence-electron chi connectivity index (χ2n) is 9.38. The van der Waals surface area contributed by atoms with Crippen LogP contribution in [0.4, 0.5) is 0 Å². The molecule has 0 amide bonds. The standard InChI is InChI=1S/C26H46O5S/c1-2-3-4-5-6-7-8-9-10-11-12-13-14-15-23(32-21-18-24(28)29)26(25(30)31)19-16-22(27)17-20-26/h14-15,22-23,27H,2-13,16-21H2,1H3,(H,28,29)(H,30,31). The summed E-state index contributed by atoms with van der Waals surface area (Å²) in [5.74, 6) is -1.28. The molecule has 5 nitrogen and oxygen atoms in total. The summed E-state index contributed by atoms with van der Waals surface area (Å²) in [6.45, 7) is 2.25. The van der Waals surface area contributed by atoms with Gasteiger partial charge in [-0.05, 0) is 38.5 Å². The lowest BCUT2D eigenvalue weighted by atomic mass is 9.70. The van der Waals surface area contributed by atoms with Crippen molar-refractivity contribution in [2.24, 2.45) is 5.41 Å². The predicted octanol–water partition coefficient (Wildman–Crippen LogP) is 6.83. The zero-order chi connectivity index (χ0) is 23.7. The Bertz CT molecular complexity index is 540. The molecule has 0 spiro atoms. The summed E-state index contributed by atoms with van der Waals surface area (Å²) in [4.78, 5) is 23.1. The van der Waals surface area contributed by atoms with E-state index in [0.29, 0.717) is 31.4 Å². The van der Waals surface area contributed by atoms with Crippen LogP contribution < -0.4 is 0 Å². The maximum atomic E-state index is 12.2. The lowest BCUT2D eigenvalue weighted by molar-refractivity contribution is -0.151. The lowest BCUT2D eigenvalue weighted by Gasteiger charge is -2.40. The molecule has 1 aliphatic rings. The van der Waals surface area contributed by atoms with E-state index in [1.54, 1.807) is 0 Å². The van der Waals surface area contributed by atoms with E-state index in [4.69, 9.17) is 5.11 Å². The molecule has 1 atom stereocenters. The summed E-state index contributed by atoms with van der Waals surface area (Å²) in [5, 5.41) is 28.6. The summed E-state index contributed by atoms with van der Waals surface area (Å²) in [6, 6.07) is 0. The van der Waals surface area contributed by atoms with Crippen molar-refractivity contribution in [3.05, 3.63) is 12.2 Å². The van der Waals surface area contributed by atoms with E-state index < -0.39 is 23.5 Å². The number of aliphatic hydroxyl groups is 1. The van der Waals surface area contributed by atoms with Gasteiger partial charge in [0.15, 0.2) is 0 Å². The molecule has 0 aliphatic heterocycles. The van der Waals surface area contributed by atoms with Crippen molar-refractivity contribution in [3.8, 4) is 0 Å². The highest BCUT2D eigenvalue weighted by Crippen LogP contribution is 2.45. The van der Waals surface area contributed by atoms with Crippen LogP contribution in [0.2, 0.25) is 0 Å². The molecule has 1 rings (SSSR count). The Morgan fingerprint density at radius 1 is 0.938 bits per heavy atom. The smallest absolute Gasteiger partial charge is 0.311 e. The maximum absolute atomic E-state index is 12.2. The second kappa shape index (κ2) is 17.5. The highest BCUT2D eigenvalue weighted by molar-refractivity contribution is 8.00. The van der Waals surface area contributed by atoms with Gasteiger partial charge in [0, 0.05) is 11.0 Å². The van der Waals surface area contributed by atoms with E-state index in [1.807, 2.05) is 6.08 Å². The van der Waals surface area contributed by atoms with Crippen LogP contribution >= 0.6 is 11.8 Å². The highest BCUT2D eigenvalue weighted by atomic mass is 32.2. The predicted molar refractivity (Wildman–Crippen MR) is 133 cm³/mol. The van der Waals surface area contributed by atoms with E-state index >= 15 is 0 Å². The lowest BCUT2D eigenvalue weighted by Crippen LogP contribution is -2.44. The van der Waals surface area contributed by atoms with Crippen molar-refractivity contribution in [2.45, 2.75) is 127 Å². The van der Waals surface area contributed by atoms with E-state index in [1.165, 1.54) is 76.0 Å². The molecule has 0 aromatic heterocycles. The van der Waals surface area contributed by atoms with Crippen molar-refractivity contribution in [1.82, 2.24) is 0 Å². The minimum absolute atomic E-state index is 0.0337. The molecule has 32 heavy (non-hydrogen) atoms. The molecule has 0 radical (unpaired) electrons. The van der Waals surface area contributed by atoms with Crippen molar-refractivity contribution >= 4 is 23.7 Å². The van der Waals surface area contributed by atoms with Gasteiger partial charge in [-0.2, -0.15) is 11.8 Å². The fourth-order valence-electron chi connectivity index (χ4n) is 4.56. The molecule has 1 fully saturated rings. The Balaban J connectivity index is 2.39. The van der Waals surface area contributed by atoms with E-state index in [9.17, 15) is 19.8 Å². The average molecular weight is 471 g/mol. The molecule has 0 aromatic carbocycles. The van der Waals surface area contributed by atoms with Crippen LogP contribution in [0.25, 0.3) is 0 Å². The van der Waals surface area contributed by atoms with Gasteiger partial charge in [0.2, 0.25) is 0 Å². The number of thioether (sulfide) groups is 1. The Hall–Kier alpha value is -1.01. The van der Waals surface area contributed by atoms with Gasteiger partial charge in [-0.3, -0.25) is 9.59 Å². The van der Waals surface area contributed by atoms with E-state index in [0.717, 1.165) is 12.8 Å². The Kier molecular flexibility index (Phi) is 15.8. The van der Waals surface area contributed by atoms with Crippen LogP contribution in [0.3, 0.4) is 0 Å². The first-order chi connectivity index (χ1) is 15.4. The number of aliphatic hydroxyl groups excluding tert-OH is 1. The van der Waals surface area contributed by atoms with Crippen LogP contribution in [0.1, 0.15) is 116 Å². The van der Waals surface area contributed by atoms with Gasteiger partial charge < -0.3 is 15.3 Å². The van der Waals surface area contributed by atoms with Crippen LogP contribution in [-0.2, 0) is 9.59 Å². The summed E-state index contributed by atoms with van der Waals surface area (Å²) in [7, 11) is 0. The number of aliphatic carboxylic acids is 2. The van der Waals surface area contributed by atoms with Crippen molar-refractivity contribution in [1.29, 1.82) is 0 Å². The molecule has 0 saturated heterocycles. The first-order valence-electron chi connectivity index (χ1n) is 12.8. The summed E-state index contributed by atoms with van der Waals surface area (Å²) in [6.07, 6.45) is 20.9. The monoisotopic (exact) mass is 470 g/mol. The molecule has 1 unspecified atom stereocenters. The number of hydrogen-bond acceptors (Lipinski definition) is 4. The first-order valence-corrected chi connectivity index (χ1v) is 13.9. The van der Waals surface area contributed by atoms with Crippen molar-refractivity contribution < 1.29 is 24.9 Å². The van der Waals surface area contributed by atoms with Crippen LogP contribution in [0.15, 0.2) is 12.2 Å². The number of hydrogen-bond donors (Lipinski definition) is 3. The van der Waals surface area contributed by atoms with E-state index in [2.05, 4.69) is 13.0 Å². The van der Waals surface area contributed by atoms with Crippen molar-refractivity contribution in [2.75, 3.05) is 5.75 Å². The zero-order valence-corrected chi connectivity index (χ0v) is 20.9. The van der Waals surface area contributed by atoms with Crippen LogP contribution in [0.5, 0.6) is 0 Å². The summed E-state index contributed by atoms with van der Waals surface area (Å²) >= 11 is 1.44. The third kappa shape index (κ3) is 11.7. The van der Waals surface area contributed by atoms with Crippen molar-refractivity contribution in [3.63, 3.8) is 0 Å². The largest absolute Gasteiger partial charge is 0.481 e. The molecule has 6 heteroatoms. The molecule has 0 bridgehead atoms. The Morgan fingerprint density at radius 3 is 1.97 bits per heavy atom. The van der Waals surface area contributed by atoms with Gasteiger partial charge in [-0.15, -0.1) is 0 Å². The molecule has 186 valence electrons. The summed E-state index contributed by atoms with van der Waals surface area (Å²) < 4.78 is 0. The quantitative estimate of drug-likeness (QED) is 0.141. The van der Waals surface area contributed by atoms with Gasteiger partial charge in [0.05, 0.1) is 17.9 Å². The average Bonchev–Trinajstić information content (AvgIpc) is 2.76. The third-order valence-electron chi connectivity index (χ3n) is 6.72. The van der Waals surface area contributed by atoms with Gasteiger partial charge >= 0.3 is 11.9 Å². The van der Waals surface area contributed by atoms with Gasteiger partial charge in [-0.1, -0.05) is 83.3 Å². The number of allylic oxidation sites excluding steroid dienone is 1. The highest BCUT2D eigenvalue weighted by Gasteiger charge is 2.47. The third-order valence-corrected chi connectivity index (χ3v) is 8.12. The van der Waals surface area contributed by atoms with Crippen LogP contribution in [-0.4, -0.2) is 44.4 Å². The zero-order valence-electron chi connectivity index (χ0n) is 20.1. The molecule has 3 N–H and O–H groups in total. The Morgan fingerprint density at radius 2 is 1.47 bits per heavy atom. The molecular formula is C26H46O5S. The number of carboxylic acid groups (broad SMARTS) is 2. The number of rotatable bonds is 19. The fourth-order valence-corrected chi connectivity index (χ4v) is 5.98. The molecule has 0 heterocycles. The van der Waals surface area contributed by atoms with Gasteiger partial charge in [0.1, 0.15) is 0 Å². The maximum Gasteiger partial charge on any atom is 0.311 e. The number of carbonyl (C=O) groups is 2. The molecule has 1 aliphatic carbocycles. The fraction of sp³-hybridized carbons (Fsp3) is 0.846. The second-order valence-corrected chi connectivity index (χ2v) is 10.6. The van der Waals surface area contributed by atoms with Crippen LogP contribution in [0, 0.1) is 5.41 Å². The number of carboxylic acids is 2. The molecule has 0 aromatic rings. The Labute approximate surface area is 199 Å². The van der Waals surface area contributed by atoms with Gasteiger partial charge in [0.25, 0.3) is 0 Å². The molecular weight excluding hydrogens is 424 g/mol. The van der Waals surface area contributed by atoms with Gasteiger partial charge in [-0.25, -0.2) is 0 Å². The van der Waals surface area contributed by atoms with E-state index in [-0.39, 0.29) is 11.7 Å².